The van der Waals surface area contributed by atoms with E-state index in [0.29, 0.717) is 11.6 Å². The van der Waals surface area contributed by atoms with Crippen LogP contribution in [0.25, 0.3) is 10.8 Å². The highest BCUT2D eigenvalue weighted by Crippen LogP contribution is 2.28. The Morgan fingerprint density at radius 2 is 1.62 bits per heavy atom. The molecule has 2 aromatic carbocycles. The van der Waals surface area contributed by atoms with Gasteiger partial charge >= 0.3 is 0 Å². The van der Waals surface area contributed by atoms with Crippen molar-refractivity contribution in [1.82, 2.24) is 10.3 Å². The van der Waals surface area contributed by atoms with Crippen LogP contribution in [0.2, 0.25) is 0 Å². The predicted octanol–water partition coefficient (Wildman–Crippen LogP) is 4.76. The number of fused-ring (bicyclic) bond motifs is 1. The Morgan fingerprint density at radius 3 is 2.38 bits per heavy atom. The predicted molar refractivity (Wildman–Crippen MR) is 127 cm³/mol. The second-order valence-electron chi connectivity index (χ2n) is 8.83. The molecule has 0 radical (unpaired) electrons. The van der Waals surface area contributed by atoms with Crippen LogP contribution in [0.1, 0.15) is 42.5 Å². The number of carbonyl (C=O) groups excluding carboxylic acids is 1. The summed E-state index contributed by atoms with van der Waals surface area (Å²) < 4.78 is 13.2. The SMILES string of the molecule is O=C(NC1CCCCC1)c1ccc2ccnc(N3CCN(c4ccc(F)cc4)CC3)c2c1. The molecule has 3 aromatic rings. The molecule has 1 aliphatic carbocycles. The summed E-state index contributed by atoms with van der Waals surface area (Å²) in [6, 6.07) is 14.9. The summed E-state index contributed by atoms with van der Waals surface area (Å²) in [5.41, 5.74) is 1.74. The summed E-state index contributed by atoms with van der Waals surface area (Å²) in [6.07, 6.45) is 7.65. The number of hydrogen-bond donors (Lipinski definition) is 1. The van der Waals surface area contributed by atoms with Crippen LogP contribution in [0.3, 0.4) is 0 Å². The number of nitrogens with one attached hydrogen (secondary N) is 1. The van der Waals surface area contributed by atoms with Crippen molar-refractivity contribution in [3.05, 3.63) is 66.1 Å². The molecule has 166 valence electrons. The van der Waals surface area contributed by atoms with E-state index in [1.54, 1.807) is 0 Å². The van der Waals surface area contributed by atoms with Crippen molar-refractivity contribution >= 4 is 28.2 Å². The van der Waals surface area contributed by atoms with E-state index in [1.807, 2.05) is 42.6 Å². The van der Waals surface area contributed by atoms with Crippen molar-refractivity contribution in [2.45, 2.75) is 38.1 Å². The molecule has 1 aliphatic heterocycles. The molecule has 1 saturated heterocycles. The van der Waals surface area contributed by atoms with Gasteiger partial charge in [-0.3, -0.25) is 4.79 Å². The first-order valence-corrected chi connectivity index (χ1v) is 11.6. The molecule has 1 N–H and O–H groups in total. The zero-order valence-corrected chi connectivity index (χ0v) is 18.3. The van der Waals surface area contributed by atoms with Gasteiger partial charge in [-0.15, -0.1) is 0 Å². The molecule has 5 nitrogen and oxygen atoms in total. The Morgan fingerprint density at radius 1 is 0.906 bits per heavy atom. The van der Waals surface area contributed by atoms with Crippen LogP contribution in [0, 0.1) is 5.82 Å². The van der Waals surface area contributed by atoms with E-state index in [4.69, 9.17) is 0 Å². The highest BCUT2D eigenvalue weighted by atomic mass is 19.1. The number of piperazine rings is 1. The van der Waals surface area contributed by atoms with Crippen molar-refractivity contribution in [3.8, 4) is 0 Å². The van der Waals surface area contributed by atoms with E-state index >= 15 is 0 Å². The van der Waals surface area contributed by atoms with Crippen LogP contribution in [-0.4, -0.2) is 43.1 Å². The van der Waals surface area contributed by atoms with Gasteiger partial charge in [-0.1, -0.05) is 25.3 Å². The molecule has 32 heavy (non-hydrogen) atoms. The quantitative estimate of drug-likeness (QED) is 0.646. The lowest BCUT2D eigenvalue weighted by atomic mass is 9.95. The maximum Gasteiger partial charge on any atom is 0.251 e. The van der Waals surface area contributed by atoms with Crippen LogP contribution in [0.4, 0.5) is 15.9 Å². The van der Waals surface area contributed by atoms with Gasteiger partial charge in [0.15, 0.2) is 0 Å². The molecular formula is C26H29FN4O. The van der Waals surface area contributed by atoms with Crippen LogP contribution in [0.5, 0.6) is 0 Å². The van der Waals surface area contributed by atoms with Crippen LogP contribution < -0.4 is 15.1 Å². The molecular weight excluding hydrogens is 403 g/mol. The monoisotopic (exact) mass is 432 g/mol. The van der Waals surface area contributed by atoms with E-state index in [0.717, 1.165) is 61.3 Å². The average molecular weight is 433 g/mol. The number of halogens is 1. The molecule has 0 atom stereocenters. The van der Waals surface area contributed by atoms with Crippen molar-refractivity contribution in [2.75, 3.05) is 36.0 Å². The molecule has 0 spiro atoms. The van der Waals surface area contributed by atoms with Gasteiger partial charge in [-0.05, 0) is 60.7 Å². The molecule has 1 aromatic heterocycles. The first-order chi connectivity index (χ1) is 15.7. The largest absolute Gasteiger partial charge is 0.368 e. The number of anilines is 2. The fourth-order valence-corrected chi connectivity index (χ4v) is 4.89. The fraction of sp³-hybridized carbons (Fsp3) is 0.385. The normalized spacial score (nSPS) is 17.5. The van der Waals surface area contributed by atoms with E-state index < -0.39 is 0 Å². The lowest BCUT2D eigenvalue weighted by molar-refractivity contribution is 0.0928. The number of hydrogen-bond acceptors (Lipinski definition) is 4. The molecule has 5 rings (SSSR count). The lowest BCUT2D eigenvalue weighted by Gasteiger charge is -2.37. The number of nitrogens with zero attached hydrogens (tertiary/aromatic N) is 3. The molecule has 1 amide bonds. The fourth-order valence-electron chi connectivity index (χ4n) is 4.89. The second-order valence-corrected chi connectivity index (χ2v) is 8.83. The Bertz CT molecular complexity index is 1090. The van der Waals surface area contributed by atoms with Gasteiger partial charge in [-0.2, -0.15) is 0 Å². The van der Waals surface area contributed by atoms with Gasteiger partial charge in [0.25, 0.3) is 5.91 Å². The zero-order chi connectivity index (χ0) is 21.9. The smallest absolute Gasteiger partial charge is 0.251 e. The average Bonchev–Trinajstić information content (AvgIpc) is 2.84. The van der Waals surface area contributed by atoms with Gasteiger partial charge in [0.05, 0.1) is 0 Å². The maximum absolute atomic E-state index is 13.2. The third-order valence-corrected chi connectivity index (χ3v) is 6.72. The molecule has 0 unspecified atom stereocenters. The minimum Gasteiger partial charge on any atom is -0.368 e. The molecule has 0 bridgehead atoms. The van der Waals surface area contributed by atoms with Crippen LogP contribution in [-0.2, 0) is 0 Å². The first kappa shape index (κ1) is 20.7. The summed E-state index contributed by atoms with van der Waals surface area (Å²) in [5.74, 6) is 0.721. The van der Waals surface area contributed by atoms with Crippen molar-refractivity contribution in [2.24, 2.45) is 0 Å². The molecule has 1 saturated carbocycles. The molecule has 6 heteroatoms. The number of amides is 1. The molecule has 2 heterocycles. The van der Waals surface area contributed by atoms with Gasteiger partial charge in [0.2, 0.25) is 0 Å². The lowest BCUT2D eigenvalue weighted by Crippen LogP contribution is -2.46. The van der Waals surface area contributed by atoms with Gasteiger partial charge in [-0.25, -0.2) is 9.37 Å². The summed E-state index contributed by atoms with van der Waals surface area (Å²) >= 11 is 0. The van der Waals surface area contributed by atoms with Crippen LogP contribution >= 0.6 is 0 Å². The Hall–Kier alpha value is -3.15. The van der Waals surface area contributed by atoms with Gasteiger partial charge < -0.3 is 15.1 Å². The van der Waals surface area contributed by atoms with E-state index in [-0.39, 0.29) is 11.7 Å². The topological polar surface area (TPSA) is 48.5 Å². The third-order valence-electron chi connectivity index (χ3n) is 6.72. The summed E-state index contributed by atoms with van der Waals surface area (Å²) in [4.78, 5) is 22.1. The number of rotatable bonds is 4. The second kappa shape index (κ2) is 9.15. The Kier molecular flexibility index (Phi) is 5.93. The summed E-state index contributed by atoms with van der Waals surface area (Å²) in [5, 5.41) is 5.32. The maximum atomic E-state index is 13.2. The zero-order valence-electron chi connectivity index (χ0n) is 18.3. The highest BCUT2D eigenvalue weighted by Gasteiger charge is 2.21. The first-order valence-electron chi connectivity index (χ1n) is 11.6. The minimum absolute atomic E-state index is 0.00901. The van der Waals surface area contributed by atoms with Gasteiger partial charge in [0.1, 0.15) is 11.6 Å². The number of aromatic nitrogens is 1. The molecule has 2 aliphatic rings. The number of carbonyl (C=O) groups is 1. The van der Waals surface area contributed by atoms with Crippen molar-refractivity contribution < 1.29 is 9.18 Å². The van der Waals surface area contributed by atoms with E-state index in [9.17, 15) is 9.18 Å². The van der Waals surface area contributed by atoms with Crippen molar-refractivity contribution in [3.63, 3.8) is 0 Å². The Balaban J connectivity index is 1.33. The van der Waals surface area contributed by atoms with Gasteiger partial charge in [0, 0.05) is 55.1 Å². The number of pyridine rings is 1. The summed E-state index contributed by atoms with van der Waals surface area (Å²) in [7, 11) is 0. The standard InChI is InChI=1S/C26H29FN4O/c27-21-8-10-23(11-9-21)30-14-16-31(17-15-30)25-24-18-20(7-6-19(24)12-13-28-25)26(32)29-22-4-2-1-3-5-22/h6-13,18,22H,1-5,14-17H2,(H,29,32). The minimum atomic E-state index is -0.212. The van der Waals surface area contributed by atoms with Crippen LogP contribution in [0.15, 0.2) is 54.7 Å². The highest BCUT2D eigenvalue weighted by molar-refractivity contribution is 6.01. The third kappa shape index (κ3) is 4.40. The Labute approximate surface area is 188 Å². The van der Waals surface area contributed by atoms with Crippen molar-refractivity contribution in [1.29, 1.82) is 0 Å². The summed E-state index contributed by atoms with van der Waals surface area (Å²) in [6.45, 7) is 3.32. The number of benzene rings is 2. The van der Waals surface area contributed by atoms with E-state index in [1.165, 1.54) is 31.4 Å². The molecule has 2 fully saturated rings. The van der Waals surface area contributed by atoms with E-state index in [2.05, 4.69) is 20.1 Å².